The number of nitrogens with zero attached hydrogens (tertiary/aromatic N) is 3. The summed E-state index contributed by atoms with van der Waals surface area (Å²) in [6.45, 7) is 7.33. The summed E-state index contributed by atoms with van der Waals surface area (Å²) in [7, 11) is 0. The van der Waals surface area contributed by atoms with Crippen molar-refractivity contribution in [2.24, 2.45) is 0 Å². The van der Waals surface area contributed by atoms with Gasteiger partial charge in [-0.05, 0) is 49.9 Å². The number of carbonyl (C=O) groups excluding carboxylic acids is 1. The predicted octanol–water partition coefficient (Wildman–Crippen LogP) is 5.24. The van der Waals surface area contributed by atoms with E-state index >= 15 is 0 Å². The molecular weight excluding hydrogens is 396 g/mol. The first-order valence-corrected chi connectivity index (χ1v) is 10.8. The van der Waals surface area contributed by atoms with Crippen molar-refractivity contribution < 1.29 is 4.79 Å². The number of benzene rings is 2. The molecule has 30 heavy (non-hydrogen) atoms. The van der Waals surface area contributed by atoms with Crippen LogP contribution in [0.5, 0.6) is 0 Å². The molecule has 1 aliphatic heterocycles. The van der Waals surface area contributed by atoms with Gasteiger partial charge in [0.15, 0.2) is 0 Å². The van der Waals surface area contributed by atoms with Crippen LogP contribution in [-0.4, -0.2) is 33.7 Å². The molecule has 2 aromatic carbocycles. The number of aromatic nitrogens is 2. The minimum atomic E-state index is -0.213. The van der Waals surface area contributed by atoms with E-state index in [0.29, 0.717) is 16.4 Å². The van der Waals surface area contributed by atoms with Gasteiger partial charge in [0.1, 0.15) is 5.82 Å². The normalized spacial score (nSPS) is 15.3. The minimum Gasteiger partial charge on any atom is -0.307 e. The molecule has 0 unspecified atom stereocenters. The fraction of sp³-hybridized carbons (Fsp3) is 0.333. The Balaban J connectivity index is 1.39. The number of hydrogen-bond donors (Lipinski definition) is 1. The smallest absolute Gasteiger partial charge is 0.258 e. The number of nitrogens with one attached hydrogen (secondary N) is 1. The van der Waals surface area contributed by atoms with Crippen LogP contribution in [-0.2, 0) is 6.54 Å². The van der Waals surface area contributed by atoms with Crippen LogP contribution in [0.4, 0.5) is 5.82 Å². The molecule has 1 saturated heterocycles. The first kappa shape index (κ1) is 20.6. The highest BCUT2D eigenvalue weighted by molar-refractivity contribution is 6.34. The third-order valence-electron chi connectivity index (χ3n) is 5.83. The number of piperidine rings is 1. The standard InChI is InChI=1S/C24H27ClN4O/c1-17-7-8-18(2)19(15-17)16-28-13-10-20(11-14-28)29-23(9-12-26-29)27-24(30)21-5-3-4-6-22(21)25/h3-9,12,15,20H,10-11,13-14,16H2,1-2H3,(H,27,30). The van der Waals surface area contributed by atoms with Crippen molar-refractivity contribution in [3.8, 4) is 0 Å². The molecule has 0 saturated carbocycles. The maximum atomic E-state index is 12.6. The quantitative estimate of drug-likeness (QED) is 0.611. The SMILES string of the molecule is Cc1ccc(C)c(CN2CCC(n3nccc3NC(=O)c3ccccc3Cl)CC2)c1. The highest BCUT2D eigenvalue weighted by Crippen LogP contribution is 2.27. The van der Waals surface area contributed by atoms with Gasteiger partial charge in [-0.3, -0.25) is 9.69 Å². The average molecular weight is 423 g/mol. The fourth-order valence-corrected chi connectivity index (χ4v) is 4.29. The van der Waals surface area contributed by atoms with Crippen LogP contribution >= 0.6 is 11.6 Å². The molecule has 156 valence electrons. The molecule has 0 atom stereocenters. The maximum Gasteiger partial charge on any atom is 0.258 e. The van der Waals surface area contributed by atoms with Gasteiger partial charge in [-0.15, -0.1) is 0 Å². The summed E-state index contributed by atoms with van der Waals surface area (Å²) in [5.41, 5.74) is 4.52. The Morgan fingerprint density at radius 1 is 1.13 bits per heavy atom. The monoisotopic (exact) mass is 422 g/mol. The maximum absolute atomic E-state index is 12.6. The van der Waals surface area contributed by atoms with Gasteiger partial charge >= 0.3 is 0 Å². The number of anilines is 1. The van der Waals surface area contributed by atoms with E-state index in [0.717, 1.165) is 32.5 Å². The number of carbonyl (C=O) groups is 1. The third kappa shape index (κ3) is 4.58. The Labute approximate surface area is 182 Å². The van der Waals surface area contributed by atoms with E-state index in [4.69, 9.17) is 11.6 Å². The van der Waals surface area contributed by atoms with E-state index in [2.05, 4.69) is 47.4 Å². The Morgan fingerprint density at radius 3 is 2.67 bits per heavy atom. The molecule has 3 aromatic rings. The van der Waals surface area contributed by atoms with Gasteiger partial charge in [-0.25, -0.2) is 4.68 Å². The Kier molecular flexibility index (Phi) is 6.21. The second-order valence-corrected chi connectivity index (χ2v) is 8.44. The van der Waals surface area contributed by atoms with Crippen LogP contribution in [0.25, 0.3) is 0 Å². The van der Waals surface area contributed by atoms with E-state index in [9.17, 15) is 4.79 Å². The van der Waals surface area contributed by atoms with Gasteiger partial charge in [-0.1, -0.05) is 47.5 Å². The Morgan fingerprint density at radius 2 is 1.90 bits per heavy atom. The molecule has 1 N–H and O–H groups in total. The third-order valence-corrected chi connectivity index (χ3v) is 6.16. The zero-order chi connectivity index (χ0) is 21.1. The van der Waals surface area contributed by atoms with Crippen molar-refractivity contribution in [2.45, 2.75) is 39.3 Å². The van der Waals surface area contributed by atoms with Gasteiger partial charge in [0.05, 0.1) is 22.8 Å². The number of likely N-dealkylation sites (tertiary alicyclic amines) is 1. The lowest BCUT2D eigenvalue weighted by molar-refractivity contribution is 0.102. The molecule has 5 nitrogen and oxygen atoms in total. The molecule has 1 aliphatic rings. The lowest BCUT2D eigenvalue weighted by Crippen LogP contribution is -2.35. The van der Waals surface area contributed by atoms with Crippen LogP contribution in [0, 0.1) is 13.8 Å². The summed E-state index contributed by atoms with van der Waals surface area (Å²) in [6.07, 6.45) is 3.74. The Hall–Kier alpha value is -2.63. The predicted molar refractivity (Wildman–Crippen MR) is 121 cm³/mol. The summed E-state index contributed by atoms with van der Waals surface area (Å²) in [6, 6.07) is 15.9. The number of aryl methyl sites for hydroxylation is 2. The van der Waals surface area contributed by atoms with Crippen molar-refractivity contribution >= 4 is 23.3 Å². The number of rotatable bonds is 5. The van der Waals surface area contributed by atoms with Gasteiger partial charge in [0, 0.05) is 25.7 Å². The lowest BCUT2D eigenvalue weighted by atomic mass is 10.0. The van der Waals surface area contributed by atoms with Gasteiger partial charge < -0.3 is 5.32 Å². The van der Waals surface area contributed by atoms with Gasteiger partial charge in [0.25, 0.3) is 5.91 Å². The van der Waals surface area contributed by atoms with Crippen LogP contribution in [0.3, 0.4) is 0 Å². The van der Waals surface area contributed by atoms with Gasteiger partial charge in [-0.2, -0.15) is 5.10 Å². The summed E-state index contributed by atoms with van der Waals surface area (Å²) >= 11 is 6.16. The highest BCUT2D eigenvalue weighted by Gasteiger charge is 2.24. The highest BCUT2D eigenvalue weighted by atomic mass is 35.5. The van der Waals surface area contributed by atoms with Crippen molar-refractivity contribution in [3.63, 3.8) is 0 Å². The van der Waals surface area contributed by atoms with E-state index in [1.807, 2.05) is 22.9 Å². The van der Waals surface area contributed by atoms with Crippen molar-refractivity contribution in [1.82, 2.24) is 14.7 Å². The summed E-state index contributed by atoms with van der Waals surface area (Å²) < 4.78 is 1.95. The average Bonchev–Trinajstić information content (AvgIpc) is 3.19. The molecule has 1 aromatic heterocycles. The van der Waals surface area contributed by atoms with Crippen LogP contribution in [0.15, 0.2) is 54.7 Å². The summed E-state index contributed by atoms with van der Waals surface area (Å²) in [5.74, 6) is 0.502. The number of hydrogen-bond acceptors (Lipinski definition) is 3. The largest absolute Gasteiger partial charge is 0.307 e. The number of amides is 1. The zero-order valence-electron chi connectivity index (χ0n) is 17.4. The minimum absolute atomic E-state index is 0.213. The molecule has 0 aliphatic carbocycles. The first-order valence-electron chi connectivity index (χ1n) is 10.4. The molecule has 6 heteroatoms. The second-order valence-electron chi connectivity index (χ2n) is 8.03. The molecule has 1 amide bonds. The summed E-state index contributed by atoms with van der Waals surface area (Å²) in [4.78, 5) is 15.1. The fourth-order valence-electron chi connectivity index (χ4n) is 4.07. The van der Waals surface area contributed by atoms with E-state index < -0.39 is 0 Å². The van der Waals surface area contributed by atoms with E-state index in [1.165, 1.54) is 16.7 Å². The second kappa shape index (κ2) is 9.02. The van der Waals surface area contributed by atoms with Gasteiger partial charge in [0.2, 0.25) is 0 Å². The molecule has 4 rings (SSSR count). The zero-order valence-corrected chi connectivity index (χ0v) is 18.2. The molecule has 0 spiro atoms. The summed E-state index contributed by atoms with van der Waals surface area (Å²) in [5, 5.41) is 7.91. The van der Waals surface area contributed by atoms with E-state index in [-0.39, 0.29) is 11.9 Å². The van der Waals surface area contributed by atoms with Crippen LogP contribution < -0.4 is 5.32 Å². The topological polar surface area (TPSA) is 50.2 Å². The molecule has 0 radical (unpaired) electrons. The number of halogens is 1. The van der Waals surface area contributed by atoms with Crippen molar-refractivity contribution in [1.29, 1.82) is 0 Å². The van der Waals surface area contributed by atoms with Crippen LogP contribution in [0.2, 0.25) is 5.02 Å². The van der Waals surface area contributed by atoms with Crippen LogP contribution in [0.1, 0.15) is 45.9 Å². The van der Waals surface area contributed by atoms with Crippen molar-refractivity contribution in [3.05, 3.63) is 82.0 Å². The molecule has 0 bridgehead atoms. The van der Waals surface area contributed by atoms with E-state index in [1.54, 1.807) is 18.3 Å². The van der Waals surface area contributed by atoms with Crippen molar-refractivity contribution in [2.75, 3.05) is 18.4 Å². The lowest BCUT2D eigenvalue weighted by Gasteiger charge is -2.33. The molecule has 2 heterocycles. The molecule has 1 fully saturated rings. The first-order chi connectivity index (χ1) is 14.5. The Bertz CT molecular complexity index is 1040. The molecular formula is C24H27ClN4O.